The molecule has 0 aromatic heterocycles. The molecule has 6 heteroatoms. The van der Waals surface area contributed by atoms with Gasteiger partial charge in [0.15, 0.2) is 0 Å². The van der Waals surface area contributed by atoms with Crippen LogP contribution in [0.3, 0.4) is 0 Å². The molecule has 3 N–H and O–H groups in total. The van der Waals surface area contributed by atoms with E-state index in [-0.39, 0.29) is 18.0 Å². The standard InChI is InChI=1S/C15H14BrClF2N2/c16-10-5-4-9(13(17)7-10)6-11(21-20)8-12-14(18)2-1-3-15(12)19/h1-5,7,11,21H,6,8,20H2. The van der Waals surface area contributed by atoms with Crippen molar-refractivity contribution in [3.05, 3.63) is 68.7 Å². The maximum absolute atomic E-state index is 13.7. The second-order valence-electron chi connectivity index (χ2n) is 4.71. The summed E-state index contributed by atoms with van der Waals surface area (Å²) in [5.41, 5.74) is 3.47. The normalized spacial score (nSPS) is 12.4. The summed E-state index contributed by atoms with van der Waals surface area (Å²) in [7, 11) is 0. The van der Waals surface area contributed by atoms with Crippen LogP contribution in [0.25, 0.3) is 0 Å². The van der Waals surface area contributed by atoms with Crippen molar-refractivity contribution in [2.24, 2.45) is 5.84 Å². The fourth-order valence-electron chi connectivity index (χ4n) is 2.12. The molecule has 0 amide bonds. The van der Waals surface area contributed by atoms with Gasteiger partial charge in [-0.2, -0.15) is 0 Å². The van der Waals surface area contributed by atoms with Crippen LogP contribution >= 0.6 is 27.5 Å². The minimum atomic E-state index is -0.572. The van der Waals surface area contributed by atoms with Gasteiger partial charge in [-0.1, -0.05) is 39.7 Å². The van der Waals surface area contributed by atoms with Crippen molar-refractivity contribution in [1.82, 2.24) is 5.43 Å². The predicted octanol–water partition coefficient (Wildman–Crippen LogP) is 4.00. The first-order valence-electron chi connectivity index (χ1n) is 6.34. The van der Waals surface area contributed by atoms with Crippen molar-refractivity contribution in [2.75, 3.05) is 0 Å². The van der Waals surface area contributed by atoms with Gasteiger partial charge in [0.25, 0.3) is 0 Å². The van der Waals surface area contributed by atoms with Crippen molar-refractivity contribution in [3.63, 3.8) is 0 Å². The summed E-state index contributed by atoms with van der Waals surface area (Å²) in [6, 6.07) is 8.97. The van der Waals surface area contributed by atoms with Gasteiger partial charge in [0.05, 0.1) is 0 Å². The number of hydrogen-bond acceptors (Lipinski definition) is 2. The van der Waals surface area contributed by atoms with Crippen molar-refractivity contribution in [2.45, 2.75) is 18.9 Å². The molecule has 1 atom stereocenters. The van der Waals surface area contributed by atoms with Gasteiger partial charge in [0.1, 0.15) is 11.6 Å². The Morgan fingerprint density at radius 3 is 2.38 bits per heavy atom. The van der Waals surface area contributed by atoms with E-state index in [2.05, 4.69) is 21.4 Å². The number of benzene rings is 2. The van der Waals surface area contributed by atoms with Crippen LogP contribution in [-0.2, 0) is 12.8 Å². The highest BCUT2D eigenvalue weighted by Gasteiger charge is 2.16. The van der Waals surface area contributed by atoms with E-state index >= 15 is 0 Å². The summed E-state index contributed by atoms with van der Waals surface area (Å²) in [6.07, 6.45) is 0.609. The van der Waals surface area contributed by atoms with Crippen molar-refractivity contribution >= 4 is 27.5 Å². The second-order valence-corrected chi connectivity index (χ2v) is 6.03. The summed E-state index contributed by atoms with van der Waals surface area (Å²) in [4.78, 5) is 0. The average Bonchev–Trinajstić information content (AvgIpc) is 2.44. The third kappa shape index (κ3) is 4.23. The van der Waals surface area contributed by atoms with Crippen LogP contribution in [0.15, 0.2) is 40.9 Å². The Kier molecular flexibility index (Phi) is 5.70. The minimum Gasteiger partial charge on any atom is -0.271 e. The van der Waals surface area contributed by atoms with E-state index in [1.165, 1.54) is 18.2 Å². The maximum atomic E-state index is 13.7. The topological polar surface area (TPSA) is 38.0 Å². The molecule has 0 aliphatic heterocycles. The Balaban J connectivity index is 2.17. The van der Waals surface area contributed by atoms with E-state index in [0.717, 1.165) is 10.0 Å². The fourth-order valence-corrected chi connectivity index (χ4v) is 2.87. The lowest BCUT2D eigenvalue weighted by atomic mass is 9.99. The molecule has 1 unspecified atom stereocenters. The third-order valence-corrected chi connectivity index (χ3v) is 4.07. The molecule has 2 aromatic carbocycles. The van der Waals surface area contributed by atoms with Crippen LogP contribution in [0.4, 0.5) is 8.78 Å². The molecule has 2 nitrogen and oxygen atoms in total. The highest BCUT2D eigenvalue weighted by Crippen LogP contribution is 2.23. The van der Waals surface area contributed by atoms with E-state index in [0.29, 0.717) is 11.4 Å². The van der Waals surface area contributed by atoms with E-state index in [1.54, 1.807) is 6.07 Å². The largest absolute Gasteiger partial charge is 0.271 e. The summed E-state index contributed by atoms with van der Waals surface area (Å²) < 4.78 is 28.2. The predicted molar refractivity (Wildman–Crippen MR) is 84.0 cm³/mol. The molecule has 0 radical (unpaired) electrons. The first kappa shape index (κ1) is 16.4. The van der Waals surface area contributed by atoms with Crippen molar-refractivity contribution < 1.29 is 8.78 Å². The van der Waals surface area contributed by atoms with Gasteiger partial charge in [0, 0.05) is 21.1 Å². The lowest BCUT2D eigenvalue weighted by Crippen LogP contribution is -2.39. The Morgan fingerprint density at radius 1 is 1.14 bits per heavy atom. The Morgan fingerprint density at radius 2 is 1.81 bits per heavy atom. The lowest BCUT2D eigenvalue weighted by molar-refractivity contribution is 0.484. The number of halogens is 4. The van der Waals surface area contributed by atoms with Gasteiger partial charge in [-0.05, 0) is 42.7 Å². The summed E-state index contributed by atoms with van der Waals surface area (Å²) in [6.45, 7) is 0. The zero-order chi connectivity index (χ0) is 15.4. The van der Waals surface area contributed by atoms with Crippen LogP contribution in [0.2, 0.25) is 5.02 Å². The quantitative estimate of drug-likeness (QED) is 0.612. The summed E-state index contributed by atoms with van der Waals surface area (Å²) in [5, 5.41) is 0.582. The van der Waals surface area contributed by atoms with Gasteiger partial charge in [0.2, 0.25) is 0 Å². The number of rotatable bonds is 5. The molecule has 0 aliphatic carbocycles. The molecule has 0 saturated heterocycles. The van der Waals surface area contributed by atoms with E-state index in [1.807, 2.05) is 12.1 Å². The van der Waals surface area contributed by atoms with E-state index in [4.69, 9.17) is 17.4 Å². The number of hydrogen-bond donors (Lipinski definition) is 2. The molecule has 0 heterocycles. The molecule has 21 heavy (non-hydrogen) atoms. The zero-order valence-corrected chi connectivity index (χ0v) is 13.4. The molecule has 0 fully saturated rings. The van der Waals surface area contributed by atoms with Gasteiger partial charge in [-0.25, -0.2) is 8.78 Å². The number of hydrazine groups is 1. The molecule has 2 rings (SSSR count). The Hall–Kier alpha value is -1.01. The van der Waals surface area contributed by atoms with Gasteiger partial charge in [-0.3, -0.25) is 11.3 Å². The maximum Gasteiger partial charge on any atom is 0.129 e. The highest BCUT2D eigenvalue weighted by molar-refractivity contribution is 9.10. The van der Waals surface area contributed by atoms with Crippen molar-refractivity contribution in [3.8, 4) is 0 Å². The molecule has 2 aromatic rings. The molecular weight excluding hydrogens is 362 g/mol. The zero-order valence-electron chi connectivity index (χ0n) is 11.0. The molecule has 0 aliphatic rings. The molecular formula is C15H14BrClF2N2. The molecule has 112 valence electrons. The van der Waals surface area contributed by atoms with Gasteiger partial charge in [-0.15, -0.1) is 0 Å². The van der Waals surface area contributed by atoms with E-state index in [9.17, 15) is 8.78 Å². The van der Waals surface area contributed by atoms with E-state index < -0.39 is 11.6 Å². The molecule has 0 bridgehead atoms. The summed E-state index contributed by atoms with van der Waals surface area (Å²) >= 11 is 9.48. The summed E-state index contributed by atoms with van der Waals surface area (Å²) in [5.74, 6) is 4.36. The van der Waals surface area contributed by atoms with Crippen molar-refractivity contribution in [1.29, 1.82) is 0 Å². The minimum absolute atomic E-state index is 0.0219. The Labute approximate surface area is 135 Å². The monoisotopic (exact) mass is 374 g/mol. The van der Waals surface area contributed by atoms with Crippen LogP contribution in [0, 0.1) is 11.6 Å². The second kappa shape index (κ2) is 7.31. The van der Waals surface area contributed by atoms with Gasteiger partial charge < -0.3 is 0 Å². The number of nitrogens with two attached hydrogens (primary N) is 1. The van der Waals surface area contributed by atoms with Crippen LogP contribution in [0.1, 0.15) is 11.1 Å². The third-order valence-electron chi connectivity index (χ3n) is 3.23. The SMILES string of the molecule is NNC(Cc1ccc(Br)cc1Cl)Cc1c(F)cccc1F. The number of nitrogens with one attached hydrogen (secondary N) is 1. The van der Waals surface area contributed by atoms with Crippen LogP contribution in [-0.4, -0.2) is 6.04 Å². The van der Waals surface area contributed by atoms with Crippen LogP contribution in [0.5, 0.6) is 0 Å². The Bertz CT molecular complexity index is 617. The smallest absolute Gasteiger partial charge is 0.129 e. The molecule has 0 saturated carbocycles. The average molecular weight is 376 g/mol. The molecule has 0 spiro atoms. The first-order chi connectivity index (χ1) is 10.0. The highest BCUT2D eigenvalue weighted by atomic mass is 79.9. The lowest BCUT2D eigenvalue weighted by Gasteiger charge is -2.17. The fraction of sp³-hybridized carbons (Fsp3) is 0.200. The van der Waals surface area contributed by atoms with Crippen LogP contribution < -0.4 is 11.3 Å². The van der Waals surface area contributed by atoms with Gasteiger partial charge >= 0.3 is 0 Å². The first-order valence-corrected chi connectivity index (χ1v) is 7.51.